The molecule has 2 aliphatic rings. The maximum absolute atomic E-state index is 12.2. The Morgan fingerprint density at radius 1 is 1.19 bits per heavy atom. The van der Waals surface area contributed by atoms with Crippen LogP contribution in [0.4, 0.5) is 10.5 Å². The highest BCUT2D eigenvalue weighted by Gasteiger charge is 2.51. The number of hydrogen-bond donors (Lipinski definition) is 3. The number of fused-ring (bicyclic) bond motifs is 1. The van der Waals surface area contributed by atoms with Crippen molar-refractivity contribution in [3.05, 3.63) is 28.2 Å². The lowest BCUT2D eigenvalue weighted by Gasteiger charge is -2.16. The quantitative estimate of drug-likeness (QED) is 0.485. The minimum Gasteiger partial charge on any atom is -0.332 e. The van der Waals surface area contributed by atoms with Crippen molar-refractivity contribution in [2.24, 2.45) is 0 Å². The molecule has 2 fully saturated rings. The summed E-state index contributed by atoms with van der Waals surface area (Å²) < 4.78 is 24.4. The second-order valence-corrected chi connectivity index (χ2v) is 9.62. The predicted octanol–water partition coefficient (Wildman–Crippen LogP) is 2.34. The smallest absolute Gasteiger partial charge is 0.315 e. The standard InChI is InChI=1S/C16H19Cl2N3O4S/c17-10-6-5-9(7-11(10)18)19-14(22)4-2-1-3-13-15-12(8-26(13,24)25)20-16(23)21-15/h5-7,12-13,15H,1-4,8H2,(H,19,22)(H2,20,21,23). The van der Waals surface area contributed by atoms with E-state index in [0.29, 0.717) is 35.0 Å². The van der Waals surface area contributed by atoms with Gasteiger partial charge in [-0.05, 0) is 31.0 Å². The molecule has 3 unspecified atom stereocenters. The Hall–Kier alpha value is -1.51. The molecule has 2 heterocycles. The number of sulfone groups is 1. The molecule has 2 aliphatic heterocycles. The molecule has 142 valence electrons. The van der Waals surface area contributed by atoms with Crippen molar-refractivity contribution in [3.8, 4) is 0 Å². The third-order valence-corrected chi connectivity index (χ3v) is 7.68. The van der Waals surface area contributed by atoms with E-state index in [0.717, 1.165) is 0 Å². The minimum atomic E-state index is -3.23. The number of carbonyl (C=O) groups is 2. The third kappa shape index (κ3) is 4.24. The van der Waals surface area contributed by atoms with E-state index in [1.54, 1.807) is 18.2 Å². The normalized spacial score (nSPS) is 26.1. The van der Waals surface area contributed by atoms with E-state index in [9.17, 15) is 18.0 Å². The van der Waals surface area contributed by atoms with Gasteiger partial charge in [-0.1, -0.05) is 29.6 Å². The molecule has 0 saturated carbocycles. The van der Waals surface area contributed by atoms with Gasteiger partial charge in [0.05, 0.1) is 33.1 Å². The molecule has 2 saturated heterocycles. The molecule has 26 heavy (non-hydrogen) atoms. The van der Waals surface area contributed by atoms with E-state index in [1.807, 2.05) is 0 Å². The van der Waals surface area contributed by atoms with E-state index in [-0.39, 0.29) is 36.2 Å². The van der Waals surface area contributed by atoms with Gasteiger partial charge in [0.25, 0.3) is 0 Å². The van der Waals surface area contributed by atoms with Gasteiger partial charge in [-0.15, -0.1) is 0 Å². The van der Waals surface area contributed by atoms with Crippen LogP contribution in [0.25, 0.3) is 0 Å². The van der Waals surface area contributed by atoms with Crippen molar-refractivity contribution in [3.63, 3.8) is 0 Å². The van der Waals surface area contributed by atoms with Crippen molar-refractivity contribution in [2.75, 3.05) is 11.1 Å². The summed E-state index contributed by atoms with van der Waals surface area (Å²) in [6, 6.07) is 3.79. The first-order valence-corrected chi connectivity index (χ1v) is 10.8. The summed E-state index contributed by atoms with van der Waals surface area (Å²) in [4.78, 5) is 23.3. The van der Waals surface area contributed by atoms with Crippen LogP contribution in [0.1, 0.15) is 25.7 Å². The highest BCUT2D eigenvalue weighted by atomic mass is 35.5. The molecule has 1 aromatic carbocycles. The molecule has 3 atom stereocenters. The van der Waals surface area contributed by atoms with Crippen molar-refractivity contribution in [1.29, 1.82) is 0 Å². The first-order chi connectivity index (χ1) is 12.3. The van der Waals surface area contributed by atoms with E-state index in [2.05, 4.69) is 16.0 Å². The molecule has 0 spiro atoms. The molecule has 3 amide bonds. The zero-order chi connectivity index (χ0) is 18.9. The summed E-state index contributed by atoms with van der Waals surface area (Å²) in [6.07, 6.45) is 1.83. The lowest BCUT2D eigenvalue weighted by atomic mass is 10.0. The molecule has 1 aromatic rings. The summed E-state index contributed by atoms with van der Waals surface area (Å²) in [6.45, 7) is 0. The van der Waals surface area contributed by atoms with Crippen LogP contribution in [0.5, 0.6) is 0 Å². The van der Waals surface area contributed by atoms with Crippen LogP contribution < -0.4 is 16.0 Å². The van der Waals surface area contributed by atoms with Gasteiger partial charge in [-0.3, -0.25) is 4.79 Å². The van der Waals surface area contributed by atoms with Gasteiger partial charge in [0.2, 0.25) is 5.91 Å². The Morgan fingerprint density at radius 2 is 1.96 bits per heavy atom. The number of benzene rings is 1. The van der Waals surface area contributed by atoms with E-state index < -0.39 is 15.1 Å². The number of carbonyl (C=O) groups excluding carboxylic acids is 2. The van der Waals surface area contributed by atoms with Gasteiger partial charge >= 0.3 is 6.03 Å². The minimum absolute atomic E-state index is 0.0289. The summed E-state index contributed by atoms with van der Waals surface area (Å²) in [5.74, 6) is -0.204. The summed E-state index contributed by atoms with van der Waals surface area (Å²) in [5, 5.41) is 8.22. The maximum atomic E-state index is 12.2. The number of hydrogen-bond acceptors (Lipinski definition) is 4. The number of halogens is 2. The fourth-order valence-electron chi connectivity index (χ4n) is 3.43. The van der Waals surface area contributed by atoms with Crippen LogP contribution in [0.2, 0.25) is 10.0 Å². The Labute approximate surface area is 161 Å². The Morgan fingerprint density at radius 3 is 2.69 bits per heavy atom. The first kappa shape index (κ1) is 19.3. The number of nitrogens with one attached hydrogen (secondary N) is 3. The van der Waals surface area contributed by atoms with Crippen LogP contribution in [-0.4, -0.2) is 43.4 Å². The number of anilines is 1. The average Bonchev–Trinajstić information content (AvgIpc) is 2.99. The molecule has 10 heteroatoms. The Bertz CT molecular complexity index is 831. The molecule has 3 rings (SSSR count). The third-order valence-electron chi connectivity index (χ3n) is 4.67. The molecule has 0 aromatic heterocycles. The van der Waals surface area contributed by atoms with E-state index >= 15 is 0 Å². The second kappa shape index (κ2) is 7.62. The fraction of sp³-hybridized carbons (Fsp3) is 0.500. The second-order valence-electron chi connectivity index (χ2n) is 6.54. The number of rotatable bonds is 6. The Kier molecular flexibility index (Phi) is 5.64. The molecule has 3 N–H and O–H groups in total. The van der Waals surface area contributed by atoms with Crippen LogP contribution in [0.3, 0.4) is 0 Å². The van der Waals surface area contributed by atoms with Gasteiger partial charge < -0.3 is 16.0 Å². The fourth-order valence-corrected chi connectivity index (χ4v) is 6.00. The zero-order valence-corrected chi connectivity index (χ0v) is 16.1. The van der Waals surface area contributed by atoms with Gasteiger partial charge in [0.15, 0.2) is 9.84 Å². The maximum Gasteiger partial charge on any atom is 0.315 e. The average molecular weight is 420 g/mol. The molecular formula is C16H19Cl2N3O4S. The topological polar surface area (TPSA) is 104 Å². The van der Waals surface area contributed by atoms with Crippen LogP contribution in [0, 0.1) is 0 Å². The molecular weight excluding hydrogens is 401 g/mol. The SMILES string of the molecule is O=C(CCCCC1C2NC(=O)NC2CS1(=O)=O)Nc1ccc(Cl)c(Cl)c1. The van der Waals surface area contributed by atoms with Crippen LogP contribution in [-0.2, 0) is 14.6 Å². The molecule has 0 bridgehead atoms. The van der Waals surface area contributed by atoms with Crippen LogP contribution >= 0.6 is 23.2 Å². The Balaban J connectivity index is 1.45. The van der Waals surface area contributed by atoms with Gasteiger partial charge in [-0.2, -0.15) is 0 Å². The van der Waals surface area contributed by atoms with Crippen LogP contribution in [0.15, 0.2) is 18.2 Å². The van der Waals surface area contributed by atoms with Gasteiger partial charge in [-0.25, -0.2) is 13.2 Å². The summed E-state index contributed by atoms with van der Waals surface area (Å²) in [7, 11) is -3.23. The lowest BCUT2D eigenvalue weighted by Crippen LogP contribution is -2.39. The van der Waals surface area contributed by atoms with Crippen molar-refractivity contribution < 1.29 is 18.0 Å². The zero-order valence-electron chi connectivity index (χ0n) is 13.8. The highest BCUT2D eigenvalue weighted by molar-refractivity contribution is 7.92. The number of urea groups is 1. The van der Waals surface area contributed by atoms with Crippen molar-refractivity contribution >= 4 is 50.7 Å². The lowest BCUT2D eigenvalue weighted by molar-refractivity contribution is -0.116. The molecule has 0 aliphatic carbocycles. The molecule has 7 nitrogen and oxygen atoms in total. The molecule has 0 radical (unpaired) electrons. The number of amides is 3. The predicted molar refractivity (Wildman–Crippen MR) is 100 cm³/mol. The number of unbranched alkanes of at least 4 members (excludes halogenated alkanes) is 1. The van der Waals surface area contributed by atoms with Gasteiger partial charge in [0.1, 0.15) is 0 Å². The largest absolute Gasteiger partial charge is 0.332 e. The van der Waals surface area contributed by atoms with Crippen molar-refractivity contribution in [2.45, 2.75) is 43.0 Å². The van der Waals surface area contributed by atoms with Crippen molar-refractivity contribution in [1.82, 2.24) is 10.6 Å². The summed E-state index contributed by atoms with van der Waals surface area (Å²) >= 11 is 11.7. The van der Waals surface area contributed by atoms with Gasteiger partial charge in [0, 0.05) is 12.1 Å². The monoisotopic (exact) mass is 419 g/mol. The van der Waals surface area contributed by atoms with E-state index in [4.69, 9.17) is 23.2 Å². The highest BCUT2D eigenvalue weighted by Crippen LogP contribution is 2.29. The first-order valence-electron chi connectivity index (χ1n) is 8.30. The summed E-state index contributed by atoms with van der Waals surface area (Å²) in [5.41, 5.74) is 0.561. The van der Waals surface area contributed by atoms with E-state index in [1.165, 1.54) is 0 Å².